The fourth-order valence-corrected chi connectivity index (χ4v) is 8.51. The zero-order chi connectivity index (χ0) is 45.4. The van der Waals surface area contributed by atoms with Crippen LogP contribution >= 0.6 is 22.7 Å². The fraction of sp³-hybridized carbons (Fsp3) is 0.450. The highest BCUT2D eigenvalue weighted by Crippen LogP contribution is 2.32. The van der Waals surface area contributed by atoms with E-state index in [4.69, 9.17) is 20.4 Å². The standard InChI is InChI=1S/C40H56N12S2.BF3.BF2.3FH/c1-27(2)51(28(3)4)39-45-49(37(53-39)43-41-33-17-21-35(22-18-33)47(9)10)25-31-15-13-14-16-32(31)26-50-38(54-40(46-50)52(29(5)6)30(7)8)44-42-34-19-23-36(24-20-34)48(11)12;2-1(3)4;2-1-3;;;/h13-24,27-30H,25-26H2,1-12H3;;;3*1H/q+2;;;;;/p-2. The first kappa shape index (κ1) is 58.7. The van der Waals surface area contributed by atoms with E-state index in [0.29, 0.717) is 13.1 Å². The number of benzene rings is 3. The number of nitrogens with zero attached hydrogens (tertiary/aromatic N) is 12. The van der Waals surface area contributed by atoms with E-state index in [1.807, 2.05) is 86.1 Å². The van der Waals surface area contributed by atoms with E-state index < -0.39 is 15.4 Å². The van der Waals surface area contributed by atoms with Gasteiger partial charge in [-0.2, -0.15) is 0 Å². The summed E-state index contributed by atoms with van der Waals surface area (Å²) in [6.45, 7) is 18.6. The van der Waals surface area contributed by atoms with Gasteiger partial charge in [-0.3, -0.25) is 26.3 Å². The lowest BCUT2D eigenvalue weighted by Gasteiger charge is -2.29. The Kier molecular flexibility index (Phi) is 26.2. The van der Waals surface area contributed by atoms with Gasteiger partial charge < -0.3 is 29.0 Å². The largest absolute Gasteiger partial charge is 1.00 e. The number of hydrogen-bond acceptors (Lipinski definition) is 12. The van der Waals surface area contributed by atoms with Crippen LogP contribution in [0.15, 0.2) is 93.3 Å². The minimum Gasteiger partial charge on any atom is -1.00 e. The molecule has 1 radical (unpaired) electrons. The van der Waals surface area contributed by atoms with Gasteiger partial charge in [-0.1, -0.05) is 34.5 Å². The molecule has 2 heterocycles. The van der Waals surface area contributed by atoms with Crippen LogP contribution in [-0.4, -0.2) is 77.9 Å². The molecular weight excluding hydrogens is 886 g/mol. The maximum atomic E-state index is 9.67. The van der Waals surface area contributed by atoms with Gasteiger partial charge in [-0.05, 0) is 137 Å². The van der Waals surface area contributed by atoms with Crippen molar-refractivity contribution in [2.24, 2.45) is 20.5 Å². The lowest BCUT2D eigenvalue weighted by atomic mass is 10.1. The number of hydrogen-bond donors (Lipinski definition) is 0. The maximum absolute atomic E-state index is 9.67. The van der Waals surface area contributed by atoms with Crippen molar-refractivity contribution in [1.82, 2.24) is 10.2 Å². The molecule has 5 aromatic rings. The first-order valence-electron chi connectivity index (χ1n) is 19.6. The summed E-state index contributed by atoms with van der Waals surface area (Å²) in [5.74, 6) is 0. The Bertz CT molecular complexity index is 1960. The third-order valence-corrected chi connectivity index (χ3v) is 10.8. The summed E-state index contributed by atoms with van der Waals surface area (Å²) < 4.78 is 51.9. The van der Waals surface area contributed by atoms with Gasteiger partial charge in [0.1, 0.15) is 24.5 Å². The summed E-state index contributed by atoms with van der Waals surface area (Å²) in [6.07, 6.45) is 0. The fourth-order valence-electron chi connectivity index (χ4n) is 6.26. The molecule has 0 aliphatic heterocycles. The van der Waals surface area contributed by atoms with Crippen molar-refractivity contribution in [2.75, 3.05) is 47.8 Å². The minimum atomic E-state index is -3.67. The Morgan fingerprint density at radius 1 is 0.562 bits per heavy atom. The summed E-state index contributed by atoms with van der Waals surface area (Å²) in [5.41, 5.74) is 6.02. The van der Waals surface area contributed by atoms with Crippen molar-refractivity contribution in [3.63, 3.8) is 0 Å². The molecular formula is C40H57B2F8N12S2. The van der Waals surface area contributed by atoms with Gasteiger partial charge >= 0.3 is 25.6 Å². The van der Waals surface area contributed by atoms with Crippen molar-refractivity contribution in [3.8, 4) is 0 Å². The molecule has 0 amide bonds. The Balaban J connectivity index is 0.00000371. The van der Waals surface area contributed by atoms with E-state index in [2.05, 4.69) is 109 Å². The molecule has 0 saturated carbocycles. The topological polar surface area (TPSA) is 95.9 Å². The van der Waals surface area contributed by atoms with Gasteiger partial charge in [0, 0.05) is 74.9 Å². The van der Waals surface area contributed by atoms with E-state index in [-0.39, 0.29) is 38.3 Å². The maximum Gasteiger partial charge on any atom is 0.762 e. The van der Waals surface area contributed by atoms with Crippen LogP contribution in [0.5, 0.6) is 0 Å². The smallest absolute Gasteiger partial charge is 0.762 e. The van der Waals surface area contributed by atoms with Crippen LogP contribution in [-0.2, 0) is 13.1 Å². The van der Waals surface area contributed by atoms with Crippen LogP contribution in [0.3, 0.4) is 0 Å². The van der Waals surface area contributed by atoms with Crippen molar-refractivity contribution in [2.45, 2.75) is 92.6 Å². The third-order valence-electron chi connectivity index (χ3n) is 8.88. The van der Waals surface area contributed by atoms with E-state index >= 15 is 0 Å². The second kappa shape index (κ2) is 28.5. The molecule has 0 aliphatic carbocycles. The number of rotatable bonds is 16. The van der Waals surface area contributed by atoms with E-state index in [1.165, 1.54) is 0 Å². The van der Waals surface area contributed by atoms with Gasteiger partial charge in [0.25, 0.3) is 0 Å². The van der Waals surface area contributed by atoms with Crippen molar-refractivity contribution < 1.29 is 45.1 Å². The molecule has 0 spiro atoms. The SMILES string of the molecule is CC(C)N(c1n[n+](Cc2ccccc2C[n+]2nc(N(C(C)C)C(C)C)sc2N=Nc2ccc(N(C)C)cc2)c(N=Nc2ccc(N(C)C)cc2)s1)C(C)C.F.FB(F)F.F[B]F.[F-].[F-]. The molecule has 12 nitrogen and oxygen atoms in total. The lowest BCUT2D eigenvalue weighted by molar-refractivity contribution is -0.733. The molecule has 0 atom stereocenters. The Hall–Kier alpha value is -5.25. The van der Waals surface area contributed by atoms with Gasteiger partial charge in [-0.15, -0.1) is 9.36 Å². The summed E-state index contributed by atoms with van der Waals surface area (Å²) in [5, 5.41) is 32.4. The van der Waals surface area contributed by atoms with Crippen molar-refractivity contribution in [1.29, 1.82) is 0 Å². The predicted molar refractivity (Wildman–Crippen MR) is 244 cm³/mol. The molecule has 64 heavy (non-hydrogen) atoms. The summed E-state index contributed by atoms with van der Waals surface area (Å²) in [7, 11) is 3.44. The van der Waals surface area contributed by atoms with Crippen molar-refractivity contribution >= 4 is 81.3 Å². The molecule has 3 aromatic carbocycles. The Labute approximate surface area is 380 Å². The molecule has 0 fully saturated rings. The van der Waals surface area contributed by atoms with Gasteiger partial charge in [0.15, 0.2) is 0 Å². The third kappa shape index (κ3) is 17.7. The molecule has 0 aliphatic rings. The Morgan fingerprint density at radius 2 is 0.844 bits per heavy atom. The highest BCUT2D eigenvalue weighted by molar-refractivity contribution is 7.18. The number of azo groups is 2. The summed E-state index contributed by atoms with van der Waals surface area (Å²) >= 11 is 3.12. The minimum absolute atomic E-state index is 0. The quantitative estimate of drug-likeness (QED) is 0.0601. The van der Waals surface area contributed by atoms with Gasteiger partial charge in [0.2, 0.25) is 10.3 Å². The van der Waals surface area contributed by atoms with E-state index in [0.717, 1.165) is 54.4 Å². The van der Waals surface area contributed by atoms with Crippen LogP contribution in [0.1, 0.15) is 66.5 Å². The molecule has 5 rings (SSSR count). The predicted octanol–water partition coefficient (Wildman–Crippen LogP) is 4.98. The second-order valence-electron chi connectivity index (χ2n) is 15.2. The average Bonchev–Trinajstić information content (AvgIpc) is 3.76. The summed E-state index contributed by atoms with van der Waals surface area (Å²) in [6, 6.07) is 25.7. The monoisotopic (exact) mass is 943 g/mol. The average molecular weight is 944 g/mol. The molecule has 0 unspecified atom stereocenters. The Morgan fingerprint density at radius 3 is 1.09 bits per heavy atom. The molecule has 0 bridgehead atoms. The van der Waals surface area contributed by atoms with Crippen LogP contribution in [0, 0.1) is 0 Å². The normalized spacial score (nSPS) is 10.8. The van der Waals surface area contributed by atoms with E-state index in [1.54, 1.807) is 22.7 Å². The zero-order valence-corrected chi connectivity index (χ0v) is 39.7. The van der Waals surface area contributed by atoms with Crippen molar-refractivity contribution in [3.05, 3.63) is 83.9 Å². The number of anilines is 4. The molecule has 24 heteroatoms. The molecule has 2 aromatic heterocycles. The highest BCUT2D eigenvalue weighted by atomic mass is 32.1. The first-order chi connectivity index (χ1) is 28.9. The van der Waals surface area contributed by atoms with E-state index in [9.17, 15) is 21.6 Å². The van der Waals surface area contributed by atoms with Crippen LogP contribution in [0.4, 0.5) is 69.6 Å². The lowest BCUT2D eigenvalue weighted by Crippen LogP contribution is -3.00. The summed E-state index contributed by atoms with van der Waals surface area (Å²) in [4.78, 5) is 8.79. The van der Waals surface area contributed by atoms with Crippen LogP contribution in [0.2, 0.25) is 0 Å². The highest BCUT2D eigenvalue weighted by Gasteiger charge is 2.29. The first-order valence-corrected chi connectivity index (χ1v) is 21.3. The van der Waals surface area contributed by atoms with Crippen LogP contribution < -0.4 is 38.4 Å². The second-order valence-corrected chi connectivity index (χ2v) is 17.0. The molecule has 351 valence electrons. The molecule has 0 N–H and O–H groups in total. The zero-order valence-electron chi connectivity index (χ0n) is 38.0. The number of halogens is 8. The van der Waals surface area contributed by atoms with Gasteiger partial charge in [0.05, 0.1) is 10.2 Å². The number of aromatic nitrogens is 4. The molecule has 0 saturated heterocycles. The van der Waals surface area contributed by atoms with Crippen LogP contribution in [0.25, 0.3) is 0 Å². The van der Waals surface area contributed by atoms with Gasteiger partial charge in [-0.25, -0.2) is 0 Å².